The molecular formula is C16H20N2. The molecule has 0 bridgehead atoms. The van der Waals surface area contributed by atoms with Crippen LogP contribution in [0.5, 0.6) is 0 Å². The molecule has 0 aliphatic heterocycles. The number of aromatic nitrogens is 1. The Morgan fingerprint density at radius 3 is 2.56 bits per heavy atom. The van der Waals surface area contributed by atoms with Crippen LogP contribution in [0.2, 0.25) is 0 Å². The molecule has 1 heterocycles. The van der Waals surface area contributed by atoms with Crippen LogP contribution in [0.3, 0.4) is 0 Å². The summed E-state index contributed by atoms with van der Waals surface area (Å²) in [4.78, 5) is 4.41. The molecule has 94 valence electrons. The normalized spacial score (nSPS) is 12.4. The Balaban J connectivity index is 2.22. The van der Waals surface area contributed by atoms with E-state index in [0.717, 1.165) is 12.1 Å². The van der Waals surface area contributed by atoms with E-state index in [0.29, 0.717) is 0 Å². The molecule has 2 aromatic rings. The predicted octanol–water partition coefficient (Wildman–Crippen LogP) is 3.25. The molecule has 0 fully saturated rings. The largest absolute Gasteiger partial charge is 0.324 e. The van der Waals surface area contributed by atoms with Crippen LogP contribution in [0.25, 0.3) is 0 Å². The first-order valence-corrected chi connectivity index (χ1v) is 6.31. The van der Waals surface area contributed by atoms with E-state index in [2.05, 4.69) is 50.0 Å². The number of hydrogen-bond acceptors (Lipinski definition) is 2. The molecule has 0 spiro atoms. The quantitative estimate of drug-likeness (QED) is 0.894. The van der Waals surface area contributed by atoms with Gasteiger partial charge in [-0.2, -0.15) is 0 Å². The number of nitrogens with two attached hydrogens (primary N) is 1. The van der Waals surface area contributed by atoms with Crippen molar-refractivity contribution in [3.05, 3.63) is 64.5 Å². The highest BCUT2D eigenvalue weighted by molar-refractivity contribution is 5.33. The Morgan fingerprint density at radius 1 is 1.11 bits per heavy atom. The first-order chi connectivity index (χ1) is 8.58. The minimum Gasteiger partial charge on any atom is -0.324 e. The predicted molar refractivity (Wildman–Crippen MR) is 75.5 cm³/mol. The topological polar surface area (TPSA) is 38.9 Å². The molecule has 0 aliphatic rings. The van der Waals surface area contributed by atoms with E-state index in [1.165, 1.54) is 22.3 Å². The van der Waals surface area contributed by atoms with Gasteiger partial charge in [-0.3, -0.25) is 4.98 Å². The number of hydrogen-bond donors (Lipinski definition) is 1. The minimum atomic E-state index is 0.0131. The minimum absolute atomic E-state index is 0.0131. The van der Waals surface area contributed by atoms with Gasteiger partial charge < -0.3 is 5.73 Å². The molecule has 0 aliphatic carbocycles. The second kappa shape index (κ2) is 5.32. The Kier molecular flexibility index (Phi) is 3.78. The first-order valence-electron chi connectivity index (χ1n) is 6.31. The molecule has 1 aromatic carbocycles. The molecule has 2 N–H and O–H groups in total. The van der Waals surface area contributed by atoms with Crippen molar-refractivity contribution >= 4 is 0 Å². The molecule has 0 amide bonds. The number of nitrogens with zero attached hydrogens (tertiary/aromatic N) is 1. The van der Waals surface area contributed by atoms with E-state index in [4.69, 9.17) is 5.73 Å². The lowest BCUT2D eigenvalue weighted by molar-refractivity contribution is 0.698. The molecule has 1 unspecified atom stereocenters. The maximum atomic E-state index is 6.31. The van der Waals surface area contributed by atoms with Gasteiger partial charge in [-0.1, -0.05) is 29.8 Å². The van der Waals surface area contributed by atoms with Crippen LogP contribution in [-0.2, 0) is 6.42 Å². The van der Waals surface area contributed by atoms with Crippen molar-refractivity contribution in [1.82, 2.24) is 4.98 Å². The van der Waals surface area contributed by atoms with Crippen molar-refractivity contribution in [2.24, 2.45) is 5.73 Å². The monoisotopic (exact) mass is 240 g/mol. The molecular weight excluding hydrogens is 220 g/mol. The van der Waals surface area contributed by atoms with Gasteiger partial charge in [-0.15, -0.1) is 0 Å². The average molecular weight is 240 g/mol. The fraction of sp³-hybridized carbons (Fsp3) is 0.312. The second-order valence-electron chi connectivity index (χ2n) is 4.94. The zero-order valence-electron chi connectivity index (χ0n) is 11.3. The number of rotatable bonds is 3. The van der Waals surface area contributed by atoms with E-state index >= 15 is 0 Å². The summed E-state index contributed by atoms with van der Waals surface area (Å²) in [5.74, 6) is 0. The van der Waals surface area contributed by atoms with Crippen molar-refractivity contribution in [3.63, 3.8) is 0 Å². The maximum Gasteiger partial charge on any atom is 0.0451 e. The van der Waals surface area contributed by atoms with Crippen LogP contribution >= 0.6 is 0 Å². The molecule has 2 nitrogen and oxygen atoms in total. The Labute approximate surface area is 109 Å². The van der Waals surface area contributed by atoms with Crippen molar-refractivity contribution in [1.29, 1.82) is 0 Å². The van der Waals surface area contributed by atoms with Gasteiger partial charge in [0.05, 0.1) is 0 Å². The summed E-state index contributed by atoms with van der Waals surface area (Å²) in [6.07, 6.45) is 2.62. The molecule has 0 saturated carbocycles. The molecule has 1 atom stereocenters. The average Bonchev–Trinajstić information content (AvgIpc) is 2.32. The van der Waals surface area contributed by atoms with Crippen molar-refractivity contribution in [3.8, 4) is 0 Å². The lowest BCUT2D eigenvalue weighted by atomic mass is 9.95. The standard InChI is InChI=1S/C16H20N2/c1-11-6-7-14(13(3)9-11)15(17)10-16-12(2)5-4-8-18-16/h4-9,15H,10,17H2,1-3H3. The summed E-state index contributed by atoms with van der Waals surface area (Å²) < 4.78 is 0. The highest BCUT2D eigenvalue weighted by atomic mass is 14.7. The zero-order chi connectivity index (χ0) is 13.1. The van der Waals surface area contributed by atoms with Gasteiger partial charge in [0.1, 0.15) is 0 Å². The van der Waals surface area contributed by atoms with Gasteiger partial charge in [0.2, 0.25) is 0 Å². The lowest BCUT2D eigenvalue weighted by Gasteiger charge is -2.16. The number of aryl methyl sites for hydroxylation is 3. The first kappa shape index (κ1) is 12.8. The molecule has 18 heavy (non-hydrogen) atoms. The summed E-state index contributed by atoms with van der Waals surface area (Å²) in [6.45, 7) is 6.30. The van der Waals surface area contributed by atoms with Gasteiger partial charge in [-0.05, 0) is 43.5 Å². The maximum absolute atomic E-state index is 6.31. The SMILES string of the molecule is Cc1ccc(C(N)Cc2ncccc2C)c(C)c1. The van der Waals surface area contributed by atoms with Crippen molar-refractivity contribution in [2.45, 2.75) is 33.2 Å². The van der Waals surface area contributed by atoms with Crippen molar-refractivity contribution < 1.29 is 0 Å². The number of pyridine rings is 1. The van der Waals surface area contributed by atoms with E-state index in [1.807, 2.05) is 12.3 Å². The van der Waals surface area contributed by atoms with Crippen LogP contribution < -0.4 is 5.73 Å². The van der Waals surface area contributed by atoms with Crippen molar-refractivity contribution in [2.75, 3.05) is 0 Å². The van der Waals surface area contributed by atoms with Gasteiger partial charge in [0.15, 0.2) is 0 Å². The Bertz CT molecular complexity index is 547. The third kappa shape index (κ3) is 2.77. The summed E-state index contributed by atoms with van der Waals surface area (Å²) in [7, 11) is 0. The van der Waals surface area contributed by atoms with Gasteiger partial charge in [0, 0.05) is 24.4 Å². The van der Waals surface area contributed by atoms with Gasteiger partial charge in [-0.25, -0.2) is 0 Å². The molecule has 2 rings (SSSR count). The molecule has 0 saturated heterocycles. The van der Waals surface area contributed by atoms with E-state index in [-0.39, 0.29) is 6.04 Å². The van der Waals surface area contributed by atoms with Crippen LogP contribution in [0.15, 0.2) is 36.5 Å². The fourth-order valence-corrected chi connectivity index (χ4v) is 2.29. The Morgan fingerprint density at radius 2 is 1.89 bits per heavy atom. The highest BCUT2D eigenvalue weighted by Gasteiger charge is 2.11. The lowest BCUT2D eigenvalue weighted by Crippen LogP contribution is -2.16. The summed E-state index contributed by atoms with van der Waals surface area (Å²) in [5.41, 5.74) is 12.4. The van der Waals surface area contributed by atoms with Crippen LogP contribution in [0.1, 0.15) is 34.0 Å². The van der Waals surface area contributed by atoms with Gasteiger partial charge >= 0.3 is 0 Å². The second-order valence-corrected chi connectivity index (χ2v) is 4.94. The smallest absolute Gasteiger partial charge is 0.0451 e. The third-order valence-electron chi connectivity index (χ3n) is 3.36. The highest BCUT2D eigenvalue weighted by Crippen LogP contribution is 2.21. The molecule has 0 radical (unpaired) electrons. The van der Waals surface area contributed by atoms with Crippen LogP contribution in [0.4, 0.5) is 0 Å². The van der Waals surface area contributed by atoms with Gasteiger partial charge in [0.25, 0.3) is 0 Å². The fourth-order valence-electron chi connectivity index (χ4n) is 2.29. The van der Waals surface area contributed by atoms with E-state index in [9.17, 15) is 0 Å². The van der Waals surface area contributed by atoms with Crippen LogP contribution in [-0.4, -0.2) is 4.98 Å². The van der Waals surface area contributed by atoms with Crippen LogP contribution in [0, 0.1) is 20.8 Å². The molecule has 1 aromatic heterocycles. The third-order valence-corrected chi connectivity index (χ3v) is 3.36. The summed E-state index contributed by atoms with van der Waals surface area (Å²) in [5, 5.41) is 0. The van der Waals surface area contributed by atoms with E-state index < -0.39 is 0 Å². The summed E-state index contributed by atoms with van der Waals surface area (Å²) in [6, 6.07) is 10.5. The number of benzene rings is 1. The molecule has 2 heteroatoms. The summed E-state index contributed by atoms with van der Waals surface area (Å²) >= 11 is 0. The zero-order valence-corrected chi connectivity index (χ0v) is 11.3. The van der Waals surface area contributed by atoms with E-state index in [1.54, 1.807) is 0 Å². The Hall–Kier alpha value is -1.67.